The zero-order valence-electron chi connectivity index (χ0n) is 20.0. The van der Waals surface area contributed by atoms with E-state index in [1.165, 1.54) is 4.90 Å². The van der Waals surface area contributed by atoms with E-state index in [1.54, 1.807) is 66.7 Å². The second kappa shape index (κ2) is 12.4. The van der Waals surface area contributed by atoms with Crippen molar-refractivity contribution < 1.29 is 19.2 Å². The smallest absolute Gasteiger partial charge is 0.313 e. The molecule has 0 bridgehead atoms. The Morgan fingerprint density at radius 3 is 2.32 bits per heavy atom. The molecular formula is C27H23BrCl2N4O4. The maximum absolute atomic E-state index is 13.0. The normalized spacial score (nSPS) is 15.1. The lowest BCUT2D eigenvalue weighted by molar-refractivity contribution is -0.138. The summed E-state index contributed by atoms with van der Waals surface area (Å²) in [7, 11) is 0. The van der Waals surface area contributed by atoms with Crippen LogP contribution in [0.1, 0.15) is 28.8 Å². The van der Waals surface area contributed by atoms with E-state index in [-0.39, 0.29) is 11.8 Å². The van der Waals surface area contributed by atoms with Crippen LogP contribution in [0, 0.1) is 0 Å². The molecule has 1 saturated heterocycles. The summed E-state index contributed by atoms with van der Waals surface area (Å²) in [6, 6.07) is 17.8. The van der Waals surface area contributed by atoms with Crippen LogP contribution in [0.5, 0.6) is 0 Å². The molecule has 1 heterocycles. The summed E-state index contributed by atoms with van der Waals surface area (Å²) in [5, 5.41) is 8.58. The van der Waals surface area contributed by atoms with Gasteiger partial charge in [-0.15, -0.1) is 0 Å². The standard InChI is InChI=1S/C27H23BrCl2N4O4/c28-18-7-5-17(6-8-18)24(35)31-15-16-3-9-19(10-4-16)32-25(36)26(37)33-23-2-1-13-34(27(23)38)20-11-12-21(29)22(30)14-20/h3-12,14,23H,1-2,13,15H2,(H,31,35)(H,32,36)(H,33,37). The number of benzene rings is 3. The molecule has 196 valence electrons. The van der Waals surface area contributed by atoms with Gasteiger partial charge in [-0.25, -0.2) is 0 Å². The number of nitrogens with zero attached hydrogens (tertiary/aromatic N) is 1. The van der Waals surface area contributed by atoms with Gasteiger partial charge in [-0.3, -0.25) is 19.2 Å². The first-order chi connectivity index (χ1) is 18.2. The van der Waals surface area contributed by atoms with E-state index >= 15 is 0 Å². The van der Waals surface area contributed by atoms with Crippen molar-refractivity contribution in [3.63, 3.8) is 0 Å². The monoisotopic (exact) mass is 616 g/mol. The Morgan fingerprint density at radius 2 is 1.63 bits per heavy atom. The Hall–Kier alpha value is -3.40. The van der Waals surface area contributed by atoms with Crippen LogP contribution in [-0.4, -0.2) is 36.2 Å². The van der Waals surface area contributed by atoms with Gasteiger partial charge in [0.15, 0.2) is 0 Å². The molecule has 8 nitrogen and oxygen atoms in total. The Bertz CT molecular complexity index is 1370. The van der Waals surface area contributed by atoms with Gasteiger partial charge in [-0.1, -0.05) is 51.3 Å². The molecule has 0 radical (unpaired) electrons. The maximum atomic E-state index is 13.0. The van der Waals surface area contributed by atoms with Crippen molar-refractivity contribution in [3.8, 4) is 0 Å². The highest BCUT2D eigenvalue weighted by Gasteiger charge is 2.32. The first-order valence-electron chi connectivity index (χ1n) is 11.7. The van der Waals surface area contributed by atoms with Gasteiger partial charge in [0.1, 0.15) is 6.04 Å². The van der Waals surface area contributed by atoms with Crippen molar-refractivity contribution in [1.82, 2.24) is 10.6 Å². The van der Waals surface area contributed by atoms with Crippen LogP contribution in [0.15, 0.2) is 71.2 Å². The molecule has 1 aliphatic rings. The van der Waals surface area contributed by atoms with Crippen LogP contribution in [0.25, 0.3) is 0 Å². The van der Waals surface area contributed by atoms with Gasteiger partial charge in [-0.05, 0) is 73.0 Å². The van der Waals surface area contributed by atoms with Gasteiger partial charge in [0.2, 0.25) is 5.91 Å². The lowest BCUT2D eigenvalue weighted by Gasteiger charge is -2.32. The second-order valence-electron chi connectivity index (χ2n) is 8.60. The van der Waals surface area contributed by atoms with Crippen molar-refractivity contribution in [2.45, 2.75) is 25.4 Å². The van der Waals surface area contributed by atoms with Crippen molar-refractivity contribution in [2.75, 3.05) is 16.8 Å². The summed E-state index contributed by atoms with van der Waals surface area (Å²) in [5.41, 5.74) is 2.33. The van der Waals surface area contributed by atoms with Gasteiger partial charge in [-0.2, -0.15) is 0 Å². The zero-order chi connectivity index (χ0) is 27.2. The van der Waals surface area contributed by atoms with Crippen LogP contribution in [-0.2, 0) is 20.9 Å². The Labute approximate surface area is 237 Å². The van der Waals surface area contributed by atoms with Crippen LogP contribution in [0.3, 0.4) is 0 Å². The molecule has 1 atom stereocenters. The predicted molar refractivity (Wildman–Crippen MR) is 150 cm³/mol. The molecule has 4 rings (SSSR count). The number of hydrogen-bond acceptors (Lipinski definition) is 4. The Balaban J connectivity index is 1.29. The summed E-state index contributed by atoms with van der Waals surface area (Å²) < 4.78 is 0.885. The minimum Gasteiger partial charge on any atom is -0.348 e. The molecule has 3 N–H and O–H groups in total. The summed E-state index contributed by atoms with van der Waals surface area (Å²) in [5.74, 6) is -2.34. The SMILES string of the molecule is O=C(Nc1ccc(CNC(=O)c2ccc(Br)cc2)cc1)C(=O)NC1CCCN(c2ccc(Cl)c(Cl)c2)C1=O. The lowest BCUT2D eigenvalue weighted by atomic mass is 10.0. The fraction of sp³-hybridized carbons (Fsp3) is 0.185. The van der Waals surface area contributed by atoms with Gasteiger partial charge in [0.05, 0.1) is 10.0 Å². The number of carbonyl (C=O) groups excluding carboxylic acids is 4. The highest BCUT2D eigenvalue weighted by molar-refractivity contribution is 9.10. The van der Waals surface area contributed by atoms with E-state index in [9.17, 15) is 19.2 Å². The van der Waals surface area contributed by atoms with Crippen molar-refractivity contribution in [1.29, 1.82) is 0 Å². The summed E-state index contributed by atoms with van der Waals surface area (Å²) in [4.78, 5) is 51.7. The fourth-order valence-corrected chi connectivity index (χ4v) is 4.48. The van der Waals surface area contributed by atoms with Gasteiger partial charge >= 0.3 is 11.8 Å². The molecule has 1 fully saturated rings. The van der Waals surface area contributed by atoms with Crippen molar-refractivity contribution in [3.05, 3.63) is 92.4 Å². The summed E-state index contributed by atoms with van der Waals surface area (Å²) in [6.45, 7) is 0.758. The number of amides is 4. The van der Waals surface area contributed by atoms with Gasteiger partial charge in [0, 0.05) is 34.5 Å². The van der Waals surface area contributed by atoms with Crippen LogP contribution in [0.4, 0.5) is 11.4 Å². The molecule has 4 amide bonds. The predicted octanol–water partition coefficient (Wildman–Crippen LogP) is 4.94. The van der Waals surface area contributed by atoms with E-state index < -0.39 is 17.9 Å². The molecule has 0 aromatic heterocycles. The Morgan fingerprint density at radius 1 is 0.921 bits per heavy atom. The van der Waals surface area contributed by atoms with E-state index in [2.05, 4.69) is 31.9 Å². The molecule has 0 spiro atoms. The second-order valence-corrected chi connectivity index (χ2v) is 10.3. The molecule has 3 aromatic carbocycles. The van der Waals surface area contributed by atoms with Gasteiger partial charge in [0.25, 0.3) is 5.91 Å². The van der Waals surface area contributed by atoms with E-state index in [4.69, 9.17) is 23.2 Å². The molecule has 3 aromatic rings. The number of hydrogen-bond donors (Lipinski definition) is 3. The average molecular weight is 618 g/mol. The third-order valence-electron chi connectivity index (χ3n) is 5.94. The fourth-order valence-electron chi connectivity index (χ4n) is 3.92. The third-order valence-corrected chi connectivity index (χ3v) is 7.20. The first-order valence-corrected chi connectivity index (χ1v) is 13.3. The Kier molecular flexibility index (Phi) is 9.04. The highest BCUT2D eigenvalue weighted by atomic mass is 79.9. The van der Waals surface area contributed by atoms with Crippen molar-refractivity contribution >= 4 is 74.1 Å². The minimum absolute atomic E-state index is 0.207. The lowest BCUT2D eigenvalue weighted by Crippen LogP contribution is -2.54. The number of piperidine rings is 1. The van der Waals surface area contributed by atoms with Gasteiger partial charge < -0.3 is 20.9 Å². The number of nitrogens with one attached hydrogen (secondary N) is 3. The minimum atomic E-state index is -0.912. The average Bonchev–Trinajstić information content (AvgIpc) is 2.91. The summed E-state index contributed by atoms with van der Waals surface area (Å²) in [6.07, 6.45) is 1.05. The van der Waals surface area contributed by atoms with E-state index in [1.807, 2.05) is 0 Å². The summed E-state index contributed by atoms with van der Waals surface area (Å²) >= 11 is 15.4. The maximum Gasteiger partial charge on any atom is 0.313 e. The number of halogens is 3. The largest absolute Gasteiger partial charge is 0.348 e. The van der Waals surface area contributed by atoms with Crippen LogP contribution < -0.4 is 20.9 Å². The van der Waals surface area contributed by atoms with Crippen LogP contribution in [0.2, 0.25) is 10.0 Å². The van der Waals surface area contributed by atoms with E-state index in [0.29, 0.717) is 52.9 Å². The molecule has 1 aliphatic heterocycles. The van der Waals surface area contributed by atoms with Crippen LogP contribution >= 0.6 is 39.1 Å². The molecule has 11 heteroatoms. The molecule has 1 unspecified atom stereocenters. The first kappa shape index (κ1) is 27.6. The highest BCUT2D eigenvalue weighted by Crippen LogP contribution is 2.29. The zero-order valence-corrected chi connectivity index (χ0v) is 23.1. The molecule has 0 aliphatic carbocycles. The number of carbonyl (C=O) groups is 4. The van der Waals surface area contributed by atoms with Crippen molar-refractivity contribution in [2.24, 2.45) is 0 Å². The quantitative estimate of drug-likeness (QED) is 0.341. The molecule has 38 heavy (non-hydrogen) atoms. The molecule has 0 saturated carbocycles. The van der Waals surface area contributed by atoms with E-state index in [0.717, 1.165) is 10.0 Å². The number of anilines is 2. The third kappa shape index (κ3) is 6.92. The topological polar surface area (TPSA) is 108 Å². The number of rotatable bonds is 6. The molecular weight excluding hydrogens is 595 g/mol.